The molecule has 0 N–H and O–H groups in total. The van der Waals surface area contributed by atoms with Crippen LogP contribution in [0, 0.1) is 25.7 Å². The van der Waals surface area contributed by atoms with Gasteiger partial charge in [0.2, 0.25) is 17.6 Å². The number of ether oxygens (including phenoxy) is 5. The van der Waals surface area contributed by atoms with Gasteiger partial charge >= 0.3 is 0 Å². The van der Waals surface area contributed by atoms with Gasteiger partial charge in [0.25, 0.3) is 5.56 Å². The Labute approximate surface area is 324 Å². The minimum atomic E-state index is -0.0862. The zero-order chi connectivity index (χ0) is 39.5. The normalized spacial score (nSPS) is 18.1. The molecule has 0 bridgehead atoms. The van der Waals surface area contributed by atoms with Crippen LogP contribution in [0.1, 0.15) is 47.7 Å². The fourth-order valence-corrected chi connectivity index (χ4v) is 6.55. The summed E-state index contributed by atoms with van der Waals surface area (Å²) >= 11 is 0. The molecule has 6 aromatic rings. The summed E-state index contributed by atoms with van der Waals surface area (Å²) in [4.78, 5) is 38.5. The number of nitrogens with zero attached hydrogens (tertiary/aromatic N) is 10. The highest BCUT2D eigenvalue weighted by Crippen LogP contribution is 2.48. The Kier molecular flexibility index (Phi) is 11.0. The number of aromatic nitrogens is 10. The van der Waals surface area contributed by atoms with Crippen LogP contribution in [-0.2, 0) is 21.1 Å². The summed E-state index contributed by atoms with van der Waals surface area (Å²) in [6.07, 6.45) is 9.06. The third kappa shape index (κ3) is 8.33. The van der Waals surface area contributed by atoms with E-state index in [1.807, 2.05) is 58.3 Å². The molecule has 2 aliphatic carbocycles. The molecule has 6 heterocycles. The van der Waals surface area contributed by atoms with E-state index in [2.05, 4.69) is 35.0 Å². The molecule has 0 spiro atoms. The van der Waals surface area contributed by atoms with E-state index in [9.17, 15) is 4.79 Å². The van der Waals surface area contributed by atoms with Gasteiger partial charge in [0.05, 0.1) is 69.5 Å². The molecule has 16 nitrogen and oxygen atoms in total. The minimum Gasteiger partial charge on any atom is -0.495 e. The van der Waals surface area contributed by atoms with Crippen molar-refractivity contribution in [2.75, 3.05) is 34.5 Å². The molecule has 8 rings (SSSR count). The molecule has 0 saturated heterocycles. The van der Waals surface area contributed by atoms with Gasteiger partial charge in [-0.25, -0.2) is 9.97 Å². The summed E-state index contributed by atoms with van der Waals surface area (Å²) in [7, 11) is 10.3. The van der Waals surface area contributed by atoms with Gasteiger partial charge < -0.3 is 23.7 Å². The highest BCUT2D eigenvalue weighted by atomic mass is 16.5. The number of hydrogen-bond acceptors (Lipinski definition) is 13. The SMILES string of the molecule is COc1ccc([C@H]2C[C@@H]2COc2nc(C)ncc2-c2cc(=O)n(C)n2C)nc1.COc1ccc([C@H]2C[C@@H]2COc2nc(C)ncc2-c2cc(OC)nn2C)nc1. The van der Waals surface area contributed by atoms with Crippen LogP contribution < -0.4 is 29.2 Å². The third-order valence-corrected chi connectivity index (χ3v) is 10.2. The molecule has 4 atom stereocenters. The topological polar surface area (TPSA) is 168 Å². The minimum absolute atomic E-state index is 0.0862. The standard InChI is InChI=1S/2C20H23N5O3/c1-12-21-10-16(18-8-19(27-4)24-25(18)2)20(23-12)28-11-13-7-15(13)17-6-5-14(26-3)9-22-17;1-12-21-10-16(18-8-19(26)25(3)24(18)2)20(23-12)28-11-13-7-15(13)17-6-5-14(27-4)9-22-17/h2*5-6,8-10,13,15H,7,11H2,1-4H3/t2*13-,15+/m11/s1. The fourth-order valence-electron chi connectivity index (χ4n) is 6.55. The van der Waals surface area contributed by atoms with Gasteiger partial charge in [0, 0.05) is 80.7 Å². The molecule has 6 aromatic heterocycles. The number of hydrogen-bond donors (Lipinski definition) is 0. The maximum absolute atomic E-state index is 12.0. The van der Waals surface area contributed by atoms with Gasteiger partial charge in [0.1, 0.15) is 23.1 Å². The third-order valence-electron chi connectivity index (χ3n) is 10.2. The Morgan fingerprint density at radius 3 is 1.57 bits per heavy atom. The van der Waals surface area contributed by atoms with Crippen LogP contribution in [0.15, 0.2) is 66.0 Å². The van der Waals surface area contributed by atoms with Gasteiger partial charge in [0.15, 0.2) is 0 Å². The van der Waals surface area contributed by atoms with Crippen molar-refractivity contribution in [2.45, 2.75) is 38.5 Å². The highest BCUT2D eigenvalue weighted by molar-refractivity contribution is 5.65. The first kappa shape index (κ1) is 38.0. The van der Waals surface area contributed by atoms with E-state index in [1.54, 1.807) is 68.6 Å². The summed E-state index contributed by atoms with van der Waals surface area (Å²) in [5.41, 5.74) is 5.12. The number of pyridine rings is 2. The van der Waals surface area contributed by atoms with E-state index in [1.165, 1.54) is 4.68 Å². The Morgan fingerprint density at radius 1 is 0.643 bits per heavy atom. The second kappa shape index (κ2) is 16.2. The van der Waals surface area contributed by atoms with Crippen molar-refractivity contribution in [3.8, 4) is 51.7 Å². The van der Waals surface area contributed by atoms with Crippen molar-refractivity contribution in [1.29, 1.82) is 0 Å². The Morgan fingerprint density at radius 2 is 1.16 bits per heavy atom. The van der Waals surface area contributed by atoms with Crippen LogP contribution in [0.25, 0.3) is 22.5 Å². The fraction of sp³-hybridized carbons (Fsp3) is 0.400. The van der Waals surface area contributed by atoms with Crippen LogP contribution in [0.5, 0.6) is 29.1 Å². The van der Waals surface area contributed by atoms with Gasteiger partial charge in [-0.1, -0.05) is 0 Å². The van der Waals surface area contributed by atoms with Gasteiger partial charge in [-0.15, -0.1) is 5.10 Å². The average molecular weight is 763 g/mol. The zero-order valence-electron chi connectivity index (χ0n) is 32.8. The molecule has 2 fully saturated rings. The lowest BCUT2D eigenvalue weighted by Crippen LogP contribution is -2.16. The molecule has 0 radical (unpaired) electrons. The van der Waals surface area contributed by atoms with Crippen molar-refractivity contribution in [2.24, 2.45) is 33.0 Å². The summed E-state index contributed by atoms with van der Waals surface area (Å²) in [5, 5.41) is 4.31. The molecule has 0 aromatic carbocycles. The maximum Gasteiger partial charge on any atom is 0.266 e. The van der Waals surface area contributed by atoms with Crippen LogP contribution in [0.3, 0.4) is 0 Å². The van der Waals surface area contributed by atoms with Crippen molar-refractivity contribution in [3.63, 3.8) is 0 Å². The van der Waals surface area contributed by atoms with Gasteiger partial charge in [-0.05, 0) is 51.0 Å². The molecule has 0 amide bonds. The smallest absolute Gasteiger partial charge is 0.266 e. The van der Waals surface area contributed by atoms with Crippen molar-refractivity contribution in [1.82, 2.24) is 49.0 Å². The number of methoxy groups -OCH3 is 3. The van der Waals surface area contributed by atoms with Crippen LogP contribution in [0.2, 0.25) is 0 Å². The highest BCUT2D eigenvalue weighted by Gasteiger charge is 2.41. The molecule has 2 saturated carbocycles. The summed E-state index contributed by atoms with van der Waals surface area (Å²) < 4.78 is 32.8. The van der Waals surface area contributed by atoms with Gasteiger partial charge in [-0.3, -0.25) is 28.8 Å². The van der Waals surface area contributed by atoms with E-state index >= 15 is 0 Å². The summed E-state index contributed by atoms with van der Waals surface area (Å²) in [6, 6.07) is 11.3. The Balaban J connectivity index is 0.000000172. The second-order valence-corrected chi connectivity index (χ2v) is 14.0. The predicted molar refractivity (Wildman–Crippen MR) is 206 cm³/mol. The van der Waals surface area contributed by atoms with Gasteiger partial charge in [-0.2, -0.15) is 9.97 Å². The summed E-state index contributed by atoms with van der Waals surface area (Å²) in [5.74, 6) is 6.03. The molecule has 0 aliphatic heterocycles. The first-order valence-corrected chi connectivity index (χ1v) is 18.3. The Bertz CT molecular complexity index is 2360. The van der Waals surface area contributed by atoms with E-state index in [0.29, 0.717) is 71.7 Å². The largest absolute Gasteiger partial charge is 0.495 e. The lowest BCUT2D eigenvalue weighted by molar-refractivity contribution is 0.285. The van der Waals surface area contributed by atoms with Crippen LogP contribution in [0.4, 0.5) is 0 Å². The Hall–Kier alpha value is -6.32. The molecule has 16 heteroatoms. The predicted octanol–water partition coefficient (Wildman–Crippen LogP) is 4.86. The van der Waals surface area contributed by atoms with E-state index in [-0.39, 0.29) is 5.56 Å². The van der Waals surface area contributed by atoms with E-state index in [4.69, 9.17) is 23.7 Å². The average Bonchev–Trinajstić information content (AvgIpc) is 4.13. The monoisotopic (exact) mass is 762 g/mol. The molecule has 56 heavy (non-hydrogen) atoms. The maximum atomic E-state index is 12.0. The summed E-state index contributed by atoms with van der Waals surface area (Å²) in [6.45, 7) is 4.79. The molecule has 0 unspecified atom stereocenters. The first-order valence-electron chi connectivity index (χ1n) is 18.3. The molecule has 2 aliphatic rings. The van der Waals surface area contributed by atoms with E-state index in [0.717, 1.165) is 52.7 Å². The van der Waals surface area contributed by atoms with Crippen molar-refractivity contribution >= 4 is 0 Å². The van der Waals surface area contributed by atoms with E-state index < -0.39 is 0 Å². The molecular formula is C40H46N10O6. The molecule has 292 valence electrons. The second-order valence-electron chi connectivity index (χ2n) is 14.0. The van der Waals surface area contributed by atoms with Crippen molar-refractivity contribution in [3.05, 3.63) is 94.6 Å². The lowest BCUT2D eigenvalue weighted by Gasteiger charge is -2.12. The van der Waals surface area contributed by atoms with Crippen molar-refractivity contribution < 1.29 is 23.7 Å². The zero-order valence-corrected chi connectivity index (χ0v) is 32.8. The first-order chi connectivity index (χ1) is 27.1. The van der Waals surface area contributed by atoms with Crippen LogP contribution >= 0.6 is 0 Å². The number of rotatable bonds is 13. The number of aryl methyl sites for hydroxylation is 3. The molecular weight excluding hydrogens is 717 g/mol. The van der Waals surface area contributed by atoms with Crippen LogP contribution in [-0.4, -0.2) is 83.6 Å². The lowest BCUT2D eigenvalue weighted by atomic mass is 10.2. The quantitative estimate of drug-likeness (QED) is 0.157.